The van der Waals surface area contributed by atoms with Gasteiger partial charge in [-0.3, -0.25) is 14.5 Å². The van der Waals surface area contributed by atoms with Crippen molar-refractivity contribution in [3.63, 3.8) is 0 Å². The topological polar surface area (TPSA) is 72.9 Å². The molecule has 1 atom stereocenters. The van der Waals surface area contributed by atoms with Gasteiger partial charge >= 0.3 is 0 Å². The molecule has 0 aromatic rings. The lowest BCUT2D eigenvalue weighted by molar-refractivity contribution is -0.135. The van der Waals surface area contributed by atoms with Gasteiger partial charge in [-0.05, 0) is 26.8 Å². The molecule has 1 aliphatic carbocycles. The van der Waals surface area contributed by atoms with Crippen LogP contribution >= 0.6 is 0 Å². The second-order valence-corrected chi connectivity index (χ2v) is 5.04. The van der Waals surface area contributed by atoms with E-state index < -0.39 is 0 Å². The van der Waals surface area contributed by atoms with Crippen molar-refractivity contribution in [2.75, 3.05) is 33.8 Å². The molecule has 6 nitrogen and oxygen atoms in total. The Hall–Kier alpha value is -1.14. The largest absolute Gasteiger partial charge is 0.395 e. The molecule has 0 bridgehead atoms. The average Bonchev–Trinajstić information content (AvgIpc) is 3.11. The molecule has 0 saturated heterocycles. The van der Waals surface area contributed by atoms with Gasteiger partial charge in [0, 0.05) is 19.1 Å². The molecule has 1 aliphatic rings. The highest BCUT2D eigenvalue weighted by Gasteiger charge is 2.24. The summed E-state index contributed by atoms with van der Waals surface area (Å²) in [5.74, 6) is -0.227. The molecule has 2 N–H and O–H groups in total. The molecule has 0 aliphatic heterocycles. The number of hydrogen-bond acceptors (Lipinski definition) is 4. The van der Waals surface area contributed by atoms with Crippen LogP contribution < -0.4 is 5.32 Å². The average molecular weight is 257 g/mol. The molecule has 18 heavy (non-hydrogen) atoms. The zero-order valence-corrected chi connectivity index (χ0v) is 11.3. The summed E-state index contributed by atoms with van der Waals surface area (Å²) in [6.45, 7) is 2.15. The van der Waals surface area contributed by atoms with Crippen LogP contribution in [0.1, 0.15) is 19.8 Å². The van der Waals surface area contributed by atoms with E-state index in [4.69, 9.17) is 5.11 Å². The molecule has 0 aromatic heterocycles. The molecule has 0 radical (unpaired) electrons. The molecule has 0 heterocycles. The van der Waals surface area contributed by atoms with Crippen LogP contribution in [-0.4, -0.2) is 72.6 Å². The summed E-state index contributed by atoms with van der Waals surface area (Å²) in [6.07, 6.45) is 2.08. The minimum Gasteiger partial charge on any atom is -0.395 e. The first-order chi connectivity index (χ1) is 8.43. The number of nitrogens with one attached hydrogen (secondary N) is 1. The highest BCUT2D eigenvalue weighted by molar-refractivity contribution is 5.85. The zero-order chi connectivity index (χ0) is 13.7. The number of carbonyl (C=O) groups excluding carboxylic acids is 2. The first kappa shape index (κ1) is 14.9. The Morgan fingerprint density at radius 2 is 1.94 bits per heavy atom. The van der Waals surface area contributed by atoms with E-state index in [-0.39, 0.29) is 37.6 Å². The van der Waals surface area contributed by atoms with E-state index in [2.05, 4.69) is 5.32 Å². The van der Waals surface area contributed by atoms with Gasteiger partial charge in [0.25, 0.3) is 0 Å². The summed E-state index contributed by atoms with van der Waals surface area (Å²) in [4.78, 5) is 26.5. The van der Waals surface area contributed by atoms with Crippen molar-refractivity contribution in [2.24, 2.45) is 0 Å². The van der Waals surface area contributed by atoms with Crippen molar-refractivity contribution in [1.82, 2.24) is 15.1 Å². The standard InChI is InChI=1S/C12H23N3O3/c1-9(8-16)14(2)7-12(18)15(3)6-11(17)13-10-4-5-10/h9-10,16H,4-8H2,1-3H3,(H,13,17). The van der Waals surface area contributed by atoms with Gasteiger partial charge in [0.2, 0.25) is 11.8 Å². The monoisotopic (exact) mass is 257 g/mol. The van der Waals surface area contributed by atoms with Crippen LogP contribution in [0, 0.1) is 0 Å². The lowest BCUT2D eigenvalue weighted by atomic mass is 10.3. The van der Waals surface area contributed by atoms with E-state index >= 15 is 0 Å². The van der Waals surface area contributed by atoms with Crippen LogP contribution in [0.15, 0.2) is 0 Å². The molecule has 1 saturated carbocycles. The summed E-state index contributed by atoms with van der Waals surface area (Å²) in [6, 6.07) is 0.251. The normalized spacial score (nSPS) is 16.5. The van der Waals surface area contributed by atoms with E-state index in [1.165, 1.54) is 4.90 Å². The third-order valence-corrected chi connectivity index (χ3v) is 3.15. The van der Waals surface area contributed by atoms with Gasteiger partial charge in [0.1, 0.15) is 0 Å². The van der Waals surface area contributed by atoms with Crippen molar-refractivity contribution in [2.45, 2.75) is 31.8 Å². The molecule has 1 fully saturated rings. The second-order valence-electron chi connectivity index (χ2n) is 5.04. The lowest BCUT2D eigenvalue weighted by Gasteiger charge is -2.25. The van der Waals surface area contributed by atoms with Crippen LogP contribution in [0.4, 0.5) is 0 Å². The number of aliphatic hydroxyl groups excluding tert-OH is 1. The zero-order valence-electron chi connectivity index (χ0n) is 11.3. The fourth-order valence-corrected chi connectivity index (χ4v) is 1.43. The molecule has 104 valence electrons. The van der Waals surface area contributed by atoms with Gasteiger partial charge in [0.05, 0.1) is 19.7 Å². The Morgan fingerprint density at radius 3 is 2.44 bits per heavy atom. The van der Waals surface area contributed by atoms with Crippen LogP contribution in [0.3, 0.4) is 0 Å². The molecule has 2 amide bonds. The van der Waals surface area contributed by atoms with Gasteiger partial charge in [-0.15, -0.1) is 0 Å². The molecule has 1 unspecified atom stereocenters. The molecule has 6 heteroatoms. The van der Waals surface area contributed by atoms with Crippen LogP contribution in [0.25, 0.3) is 0 Å². The fourth-order valence-electron chi connectivity index (χ4n) is 1.43. The SMILES string of the molecule is CC(CO)N(C)CC(=O)N(C)CC(=O)NC1CC1. The van der Waals surface area contributed by atoms with Gasteiger partial charge in [0.15, 0.2) is 0 Å². The van der Waals surface area contributed by atoms with Gasteiger partial charge in [-0.2, -0.15) is 0 Å². The summed E-state index contributed by atoms with van der Waals surface area (Å²) in [7, 11) is 3.39. The number of amides is 2. The van der Waals surface area contributed by atoms with Gasteiger partial charge in [-0.1, -0.05) is 0 Å². The Kier molecular flexibility index (Phi) is 5.55. The van der Waals surface area contributed by atoms with E-state index in [0.29, 0.717) is 6.04 Å². The first-order valence-corrected chi connectivity index (χ1v) is 6.28. The summed E-state index contributed by atoms with van der Waals surface area (Å²) in [5, 5.41) is 11.8. The number of rotatable bonds is 7. The van der Waals surface area contributed by atoms with Crippen LogP contribution in [0.2, 0.25) is 0 Å². The van der Waals surface area contributed by atoms with Crippen molar-refractivity contribution >= 4 is 11.8 Å². The molecule has 0 aromatic carbocycles. The molecule has 1 rings (SSSR count). The number of aliphatic hydroxyl groups is 1. The van der Waals surface area contributed by atoms with Crippen molar-refractivity contribution in [1.29, 1.82) is 0 Å². The van der Waals surface area contributed by atoms with Gasteiger partial charge < -0.3 is 15.3 Å². The highest BCUT2D eigenvalue weighted by atomic mass is 16.3. The number of likely N-dealkylation sites (N-methyl/N-ethyl adjacent to an activating group) is 2. The molecule has 0 spiro atoms. The summed E-state index contributed by atoms with van der Waals surface area (Å²) in [5.41, 5.74) is 0. The predicted octanol–water partition coefficient (Wildman–Crippen LogP) is -0.964. The molecular weight excluding hydrogens is 234 g/mol. The van der Waals surface area contributed by atoms with Crippen LogP contribution in [-0.2, 0) is 9.59 Å². The van der Waals surface area contributed by atoms with Crippen molar-refractivity contribution in [3.8, 4) is 0 Å². The number of hydrogen-bond donors (Lipinski definition) is 2. The van der Waals surface area contributed by atoms with E-state index in [1.807, 2.05) is 6.92 Å². The first-order valence-electron chi connectivity index (χ1n) is 6.28. The smallest absolute Gasteiger partial charge is 0.239 e. The van der Waals surface area contributed by atoms with E-state index in [9.17, 15) is 9.59 Å². The van der Waals surface area contributed by atoms with Crippen molar-refractivity contribution in [3.05, 3.63) is 0 Å². The van der Waals surface area contributed by atoms with Crippen molar-refractivity contribution < 1.29 is 14.7 Å². The van der Waals surface area contributed by atoms with Gasteiger partial charge in [-0.25, -0.2) is 0 Å². The highest BCUT2D eigenvalue weighted by Crippen LogP contribution is 2.18. The summed E-state index contributed by atoms with van der Waals surface area (Å²) >= 11 is 0. The maximum absolute atomic E-state index is 11.8. The Labute approximate surface area is 108 Å². The Balaban J connectivity index is 2.28. The molecular formula is C12H23N3O3. The minimum absolute atomic E-state index is 0.00958. The third kappa shape index (κ3) is 5.01. The fraction of sp³-hybridized carbons (Fsp3) is 0.833. The summed E-state index contributed by atoms with van der Waals surface area (Å²) < 4.78 is 0. The maximum Gasteiger partial charge on any atom is 0.239 e. The predicted molar refractivity (Wildman–Crippen MR) is 68.0 cm³/mol. The Morgan fingerprint density at radius 1 is 1.33 bits per heavy atom. The van der Waals surface area contributed by atoms with E-state index in [1.54, 1.807) is 19.0 Å². The second kappa shape index (κ2) is 6.70. The minimum atomic E-state index is -0.122. The number of nitrogens with zero attached hydrogens (tertiary/aromatic N) is 2. The van der Waals surface area contributed by atoms with E-state index in [0.717, 1.165) is 12.8 Å². The van der Waals surface area contributed by atoms with Crippen LogP contribution in [0.5, 0.6) is 0 Å². The Bertz CT molecular complexity index is 305. The lowest BCUT2D eigenvalue weighted by Crippen LogP contribution is -2.45. The quantitative estimate of drug-likeness (QED) is 0.616. The number of carbonyl (C=O) groups is 2. The third-order valence-electron chi connectivity index (χ3n) is 3.15. The maximum atomic E-state index is 11.8.